The van der Waals surface area contributed by atoms with E-state index in [1.54, 1.807) is 13.8 Å². The molecule has 0 radical (unpaired) electrons. The molecular weight excluding hydrogens is 304 g/mol. The van der Waals surface area contributed by atoms with E-state index in [2.05, 4.69) is 19.6 Å². The molecule has 0 aliphatic carbocycles. The molecule has 0 bridgehead atoms. The maximum absolute atomic E-state index is 11.6. The number of likely N-dealkylation sites (tertiary alicyclic amines) is 1. The average molecular weight is 328 g/mol. The number of aromatic nitrogens is 2. The van der Waals surface area contributed by atoms with Crippen LogP contribution in [0.2, 0.25) is 0 Å². The smallest absolute Gasteiger partial charge is 0.251 e. The summed E-state index contributed by atoms with van der Waals surface area (Å²) in [5.41, 5.74) is 0.566. The molecule has 1 aromatic rings. The van der Waals surface area contributed by atoms with Crippen LogP contribution in [0.4, 0.5) is 0 Å². The van der Waals surface area contributed by atoms with Gasteiger partial charge in [0.25, 0.3) is 5.56 Å². The van der Waals surface area contributed by atoms with Gasteiger partial charge < -0.3 is 4.98 Å². The van der Waals surface area contributed by atoms with Crippen molar-refractivity contribution in [3.8, 4) is 0 Å². The topological polar surface area (TPSA) is 95.2 Å². The number of nitrogens with zero attached hydrogens (tertiary/aromatic N) is 2. The van der Waals surface area contributed by atoms with Gasteiger partial charge in [0.05, 0.1) is 11.8 Å². The zero-order chi connectivity index (χ0) is 16.3. The number of sulfonamides is 1. The molecule has 7 nitrogen and oxygen atoms in total. The number of aryl methyl sites for hydroxylation is 1. The van der Waals surface area contributed by atoms with Gasteiger partial charge in [-0.1, -0.05) is 0 Å². The first-order valence-corrected chi connectivity index (χ1v) is 9.28. The van der Waals surface area contributed by atoms with Crippen molar-refractivity contribution in [2.75, 3.05) is 18.8 Å². The summed E-state index contributed by atoms with van der Waals surface area (Å²) in [5, 5.41) is 0. The van der Waals surface area contributed by atoms with Crippen molar-refractivity contribution < 1.29 is 8.42 Å². The summed E-state index contributed by atoms with van der Waals surface area (Å²) in [7, 11) is -3.15. The van der Waals surface area contributed by atoms with Crippen molar-refractivity contribution in [3.05, 3.63) is 27.9 Å². The average Bonchev–Trinajstić information content (AvgIpc) is 2.46. The Bertz CT molecular complexity index is 663. The fraction of sp³-hybridized carbons (Fsp3) is 0.714. The summed E-state index contributed by atoms with van der Waals surface area (Å²) >= 11 is 0. The van der Waals surface area contributed by atoms with Crippen LogP contribution in [-0.4, -0.2) is 48.2 Å². The van der Waals surface area contributed by atoms with Crippen LogP contribution in [0.5, 0.6) is 0 Å². The number of piperidine rings is 1. The minimum absolute atomic E-state index is 0.00193. The van der Waals surface area contributed by atoms with Gasteiger partial charge in [-0.2, -0.15) is 0 Å². The lowest BCUT2D eigenvalue weighted by molar-refractivity contribution is 0.153. The molecule has 124 valence electrons. The summed E-state index contributed by atoms with van der Waals surface area (Å²) < 4.78 is 25.9. The quantitative estimate of drug-likeness (QED) is 0.823. The zero-order valence-corrected chi connectivity index (χ0v) is 14.1. The molecule has 22 heavy (non-hydrogen) atoms. The normalized spacial score (nSPS) is 19.2. The van der Waals surface area contributed by atoms with E-state index in [1.807, 2.05) is 6.92 Å². The Morgan fingerprint density at radius 3 is 2.64 bits per heavy atom. The third-order valence-corrected chi connectivity index (χ3v) is 5.54. The summed E-state index contributed by atoms with van der Waals surface area (Å²) in [6, 6.07) is 1.48. The minimum Gasteiger partial charge on any atom is -0.309 e. The Hall–Kier alpha value is -1.25. The molecule has 2 N–H and O–H groups in total. The number of rotatable bonds is 5. The molecule has 1 fully saturated rings. The van der Waals surface area contributed by atoms with Crippen LogP contribution in [-0.2, 0) is 10.0 Å². The van der Waals surface area contributed by atoms with E-state index in [1.165, 1.54) is 6.07 Å². The maximum Gasteiger partial charge on any atom is 0.251 e. The Morgan fingerprint density at radius 2 is 2.09 bits per heavy atom. The molecule has 2 rings (SSSR count). The van der Waals surface area contributed by atoms with Gasteiger partial charge in [-0.3, -0.25) is 9.69 Å². The maximum atomic E-state index is 11.6. The molecule has 0 saturated carbocycles. The second-order valence-corrected chi connectivity index (χ2v) is 7.82. The van der Waals surface area contributed by atoms with Gasteiger partial charge in [-0.05, 0) is 33.6 Å². The molecule has 1 unspecified atom stereocenters. The van der Waals surface area contributed by atoms with Gasteiger partial charge in [-0.25, -0.2) is 18.1 Å². The van der Waals surface area contributed by atoms with Crippen LogP contribution in [0.25, 0.3) is 0 Å². The van der Waals surface area contributed by atoms with E-state index in [0.29, 0.717) is 11.5 Å². The lowest BCUT2D eigenvalue weighted by Gasteiger charge is -2.35. The first kappa shape index (κ1) is 17.1. The molecule has 1 atom stereocenters. The van der Waals surface area contributed by atoms with Crippen LogP contribution in [0, 0.1) is 6.92 Å². The van der Waals surface area contributed by atoms with Crippen molar-refractivity contribution in [2.45, 2.75) is 45.7 Å². The Balaban J connectivity index is 1.97. The summed E-state index contributed by atoms with van der Waals surface area (Å²) in [4.78, 5) is 20.9. The van der Waals surface area contributed by atoms with Gasteiger partial charge >= 0.3 is 0 Å². The second-order valence-electron chi connectivity index (χ2n) is 5.78. The molecule has 1 aliphatic heterocycles. The van der Waals surface area contributed by atoms with Crippen molar-refractivity contribution in [1.29, 1.82) is 0 Å². The van der Waals surface area contributed by atoms with Crippen molar-refractivity contribution >= 4 is 10.0 Å². The lowest BCUT2D eigenvalue weighted by atomic mass is 10.0. The molecule has 1 aliphatic rings. The number of aromatic amines is 1. The predicted molar refractivity (Wildman–Crippen MR) is 85.2 cm³/mol. The highest BCUT2D eigenvalue weighted by Gasteiger charge is 2.26. The third-order valence-electron chi connectivity index (χ3n) is 4.09. The van der Waals surface area contributed by atoms with Crippen LogP contribution in [0.3, 0.4) is 0 Å². The van der Waals surface area contributed by atoms with Crippen LogP contribution >= 0.6 is 0 Å². The molecule has 0 amide bonds. The minimum atomic E-state index is -3.15. The van der Waals surface area contributed by atoms with E-state index >= 15 is 0 Å². The van der Waals surface area contributed by atoms with E-state index in [4.69, 9.17) is 0 Å². The van der Waals surface area contributed by atoms with Gasteiger partial charge in [-0.15, -0.1) is 0 Å². The molecular formula is C14H24N4O3S. The summed E-state index contributed by atoms with van der Waals surface area (Å²) in [6.07, 6.45) is 1.53. The molecule has 2 heterocycles. The van der Waals surface area contributed by atoms with Crippen molar-refractivity contribution in [3.63, 3.8) is 0 Å². The Morgan fingerprint density at radius 1 is 1.45 bits per heavy atom. The lowest BCUT2D eigenvalue weighted by Crippen LogP contribution is -2.45. The highest BCUT2D eigenvalue weighted by Crippen LogP contribution is 2.21. The molecule has 8 heteroatoms. The third kappa shape index (κ3) is 4.37. The van der Waals surface area contributed by atoms with Gasteiger partial charge in [0.15, 0.2) is 0 Å². The molecule has 0 spiro atoms. The van der Waals surface area contributed by atoms with Crippen molar-refractivity contribution in [2.24, 2.45) is 0 Å². The number of hydrogen-bond donors (Lipinski definition) is 2. The zero-order valence-electron chi connectivity index (χ0n) is 13.3. The van der Waals surface area contributed by atoms with E-state index in [9.17, 15) is 13.2 Å². The van der Waals surface area contributed by atoms with Gasteiger partial charge in [0, 0.05) is 30.9 Å². The van der Waals surface area contributed by atoms with Crippen LogP contribution in [0.1, 0.15) is 44.2 Å². The number of H-pyrrole nitrogens is 1. The molecule has 1 saturated heterocycles. The Labute approximate surface area is 131 Å². The SMILES string of the molecule is CCS(=O)(=O)NC1CCN(C(C)c2nc(C)cc(=O)[nH]2)CC1. The summed E-state index contributed by atoms with van der Waals surface area (Å²) in [6.45, 7) is 7.00. The van der Waals surface area contributed by atoms with Crippen LogP contribution < -0.4 is 10.3 Å². The largest absolute Gasteiger partial charge is 0.309 e. The highest BCUT2D eigenvalue weighted by atomic mass is 32.2. The predicted octanol–water partition coefficient (Wildman–Crippen LogP) is 0.543. The van der Waals surface area contributed by atoms with E-state index < -0.39 is 10.0 Å². The van der Waals surface area contributed by atoms with Crippen LogP contribution in [0.15, 0.2) is 10.9 Å². The van der Waals surface area contributed by atoms with Gasteiger partial charge in [0.1, 0.15) is 5.82 Å². The monoisotopic (exact) mass is 328 g/mol. The number of nitrogens with one attached hydrogen (secondary N) is 2. The first-order valence-electron chi connectivity index (χ1n) is 7.62. The number of hydrogen-bond acceptors (Lipinski definition) is 5. The first-order chi connectivity index (χ1) is 10.3. The van der Waals surface area contributed by atoms with Crippen molar-refractivity contribution in [1.82, 2.24) is 19.6 Å². The fourth-order valence-corrected chi connectivity index (χ4v) is 3.63. The van der Waals surface area contributed by atoms with E-state index in [-0.39, 0.29) is 23.4 Å². The second kappa shape index (κ2) is 6.89. The van der Waals surface area contributed by atoms with E-state index in [0.717, 1.165) is 25.9 Å². The summed E-state index contributed by atoms with van der Waals surface area (Å²) in [5.74, 6) is 0.774. The molecule has 1 aromatic heterocycles. The molecule has 0 aromatic carbocycles. The fourth-order valence-electron chi connectivity index (χ4n) is 2.71. The van der Waals surface area contributed by atoms with Gasteiger partial charge in [0.2, 0.25) is 10.0 Å². The standard InChI is InChI=1S/C14H24N4O3S/c1-4-22(20,21)17-12-5-7-18(8-6-12)11(3)14-15-10(2)9-13(19)16-14/h9,11-12,17H,4-8H2,1-3H3,(H,15,16,19). The highest BCUT2D eigenvalue weighted by molar-refractivity contribution is 7.89. The Kier molecular flexibility index (Phi) is 5.36.